The largest absolute Gasteiger partial charge is 0.318 e. The Morgan fingerprint density at radius 1 is 1.40 bits per heavy atom. The highest BCUT2D eigenvalue weighted by molar-refractivity contribution is 5.23. The van der Waals surface area contributed by atoms with Crippen LogP contribution in [0, 0.1) is 12.7 Å². The Kier molecular flexibility index (Phi) is 4.72. The fourth-order valence-corrected chi connectivity index (χ4v) is 1.43. The molecule has 0 saturated heterocycles. The van der Waals surface area contributed by atoms with Crippen LogP contribution in [0.3, 0.4) is 0 Å². The third kappa shape index (κ3) is 3.98. The van der Waals surface area contributed by atoms with Gasteiger partial charge in [0.15, 0.2) is 0 Å². The fraction of sp³-hybridized carbons (Fsp3) is 0.500. The second-order valence-electron chi connectivity index (χ2n) is 3.92. The number of hydrogen-bond acceptors (Lipinski definition) is 2. The molecule has 0 radical (unpaired) electrons. The van der Waals surface area contributed by atoms with Crippen LogP contribution in [-0.4, -0.2) is 32.1 Å². The van der Waals surface area contributed by atoms with Crippen molar-refractivity contribution >= 4 is 0 Å². The first kappa shape index (κ1) is 12.1. The van der Waals surface area contributed by atoms with Crippen molar-refractivity contribution in [3.8, 4) is 0 Å². The van der Waals surface area contributed by atoms with Gasteiger partial charge in [0.25, 0.3) is 0 Å². The average molecular weight is 210 g/mol. The number of rotatable bonds is 5. The highest BCUT2D eigenvalue weighted by atomic mass is 19.1. The highest BCUT2D eigenvalue weighted by Crippen LogP contribution is 2.10. The van der Waals surface area contributed by atoms with Crippen molar-refractivity contribution in [2.24, 2.45) is 0 Å². The lowest BCUT2D eigenvalue weighted by molar-refractivity contribution is 0.327. The van der Waals surface area contributed by atoms with E-state index in [-0.39, 0.29) is 5.82 Å². The average Bonchev–Trinajstić information content (AvgIpc) is 2.20. The van der Waals surface area contributed by atoms with Crippen molar-refractivity contribution in [3.05, 3.63) is 35.1 Å². The minimum atomic E-state index is -0.116. The lowest BCUT2D eigenvalue weighted by Gasteiger charge is -2.16. The normalized spacial score (nSPS) is 11.0. The molecular formula is C12H19FN2. The Hall–Kier alpha value is -0.930. The maximum Gasteiger partial charge on any atom is 0.126 e. The molecule has 0 atom stereocenters. The molecule has 0 amide bonds. The van der Waals surface area contributed by atoms with Gasteiger partial charge in [0.1, 0.15) is 5.82 Å². The SMILES string of the molecule is CNCCN(C)Cc1ccc(C)c(F)c1. The molecule has 0 bridgehead atoms. The molecule has 1 N–H and O–H groups in total. The van der Waals surface area contributed by atoms with Crippen molar-refractivity contribution in [1.29, 1.82) is 0 Å². The molecule has 2 nitrogen and oxygen atoms in total. The Morgan fingerprint density at radius 2 is 2.13 bits per heavy atom. The first-order valence-electron chi connectivity index (χ1n) is 5.21. The Morgan fingerprint density at radius 3 is 2.73 bits per heavy atom. The van der Waals surface area contributed by atoms with Crippen molar-refractivity contribution in [3.63, 3.8) is 0 Å². The van der Waals surface area contributed by atoms with Crippen LogP contribution in [0.2, 0.25) is 0 Å². The van der Waals surface area contributed by atoms with E-state index in [2.05, 4.69) is 10.2 Å². The number of hydrogen-bond donors (Lipinski definition) is 1. The van der Waals surface area contributed by atoms with E-state index in [1.54, 1.807) is 13.0 Å². The van der Waals surface area contributed by atoms with E-state index in [1.165, 1.54) is 0 Å². The van der Waals surface area contributed by atoms with Crippen LogP contribution in [0.25, 0.3) is 0 Å². The van der Waals surface area contributed by atoms with Crippen LogP contribution in [0.1, 0.15) is 11.1 Å². The van der Waals surface area contributed by atoms with Crippen molar-refractivity contribution in [2.75, 3.05) is 27.2 Å². The molecule has 0 unspecified atom stereocenters. The molecule has 0 aliphatic rings. The molecule has 0 fully saturated rings. The van der Waals surface area contributed by atoms with Gasteiger partial charge in [-0.3, -0.25) is 0 Å². The smallest absolute Gasteiger partial charge is 0.126 e. The Labute approximate surface area is 91.1 Å². The second-order valence-corrected chi connectivity index (χ2v) is 3.92. The van der Waals surface area contributed by atoms with Gasteiger partial charge >= 0.3 is 0 Å². The highest BCUT2D eigenvalue weighted by Gasteiger charge is 2.02. The number of nitrogens with one attached hydrogen (secondary N) is 1. The molecule has 0 aliphatic carbocycles. The van der Waals surface area contributed by atoms with E-state index in [0.717, 1.165) is 25.2 Å². The molecule has 15 heavy (non-hydrogen) atoms. The van der Waals surface area contributed by atoms with Crippen molar-refractivity contribution in [1.82, 2.24) is 10.2 Å². The monoisotopic (exact) mass is 210 g/mol. The minimum Gasteiger partial charge on any atom is -0.318 e. The quantitative estimate of drug-likeness (QED) is 0.797. The summed E-state index contributed by atoms with van der Waals surface area (Å²) in [6, 6.07) is 5.43. The number of nitrogens with zero attached hydrogens (tertiary/aromatic N) is 1. The zero-order valence-electron chi connectivity index (χ0n) is 9.68. The van der Waals surface area contributed by atoms with Gasteiger partial charge in [0.2, 0.25) is 0 Å². The lowest BCUT2D eigenvalue weighted by Crippen LogP contribution is -2.26. The van der Waals surface area contributed by atoms with E-state index < -0.39 is 0 Å². The molecule has 0 heterocycles. The van der Waals surface area contributed by atoms with E-state index in [9.17, 15) is 4.39 Å². The van der Waals surface area contributed by atoms with Gasteiger partial charge in [-0.15, -0.1) is 0 Å². The molecule has 1 aromatic rings. The van der Waals surface area contributed by atoms with Gasteiger partial charge in [-0.1, -0.05) is 12.1 Å². The maximum atomic E-state index is 13.3. The van der Waals surface area contributed by atoms with Crippen LogP contribution in [0.15, 0.2) is 18.2 Å². The lowest BCUT2D eigenvalue weighted by atomic mass is 10.1. The topological polar surface area (TPSA) is 15.3 Å². The summed E-state index contributed by atoms with van der Waals surface area (Å²) < 4.78 is 13.3. The molecule has 3 heteroatoms. The summed E-state index contributed by atoms with van der Waals surface area (Å²) >= 11 is 0. The maximum absolute atomic E-state index is 13.3. The van der Waals surface area contributed by atoms with E-state index in [4.69, 9.17) is 0 Å². The van der Waals surface area contributed by atoms with Crippen molar-refractivity contribution < 1.29 is 4.39 Å². The fourth-order valence-electron chi connectivity index (χ4n) is 1.43. The summed E-state index contributed by atoms with van der Waals surface area (Å²) in [5.41, 5.74) is 1.73. The molecule has 0 saturated carbocycles. The summed E-state index contributed by atoms with van der Waals surface area (Å²) in [7, 11) is 3.97. The van der Waals surface area contributed by atoms with E-state index in [0.29, 0.717) is 5.56 Å². The Bertz CT molecular complexity index is 312. The zero-order chi connectivity index (χ0) is 11.3. The Balaban J connectivity index is 2.53. The van der Waals surface area contributed by atoms with Crippen LogP contribution in [0.4, 0.5) is 4.39 Å². The van der Waals surface area contributed by atoms with Crippen LogP contribution in [0.5, 0.6) is 0 Å². The third-order valence-corrected chi connectivity index (χ3v) is 2.43. The zero-order valence-corrected chi connectivity index (χ0v) is 9.68. The summed E-state index contributed by atoms with van der Waals surface area (Å²) in [6.45, 7) is 4.49. The van der Waals surface area contributed by atoms with Crippen LogP contribution in [-0.2, 0) is 6.54 Å². The van der Waals surface area contributed by atoms with Crippen LogP contribution < -0.4 is 5.32 Å². The van der Waals surface area contributed by atoms with Gasteiger partial charge in [-0.2, -0.15) is 0 Å². The summed E-state index contributed by atoms with van der Waals surface area (Å²) in [4.78, 5) is 2.17. The van der Waals surface area contributed by atoms with E-state index in [1.807, 2.05) is 26.2 Å². The number of aryl methyl sites for hydroxylation is 1. The predicted molar refractivity (Wildman–Crippen MR) is 61.4 cm³/mol. The molecular weight excluding hydrogens is 191 g/mol. The van der Waals surface area contributed by atoms with Gasteiger partial charge < -0.3 is 10.2 Å². The number of likely N-dealkylation sites (N-methyl/N-ethyl adjacent to an activating group) is 2. The van der Waals surface area contributed by atoms with Gasteiger partial charge in [-0.25, -0.2) is 4.39 Å². The van der Waals surface area contributed by atoms with Gasteiger partial charge in [-0.05, 0) is 38.2 Å². The molecule has 1 aromatic carbocycles. The first-order valence-corrected chi connectivity index (χ1v) is 5.21. The standard InChI is InChI=1S/C12H19FN2/c1-10-4-5-11(8-12(10)13)9-15(3)7-6-14-2/h4-5,8,14H,6-7,9H2,1-3H3. The third-order valence-electron chi connectivity index (χ3n) is 2.43. The second kappa shape index (κ2) is 5.83. The molecule has 0 aromatic heterocycles. The summed E-state index contributed by atoms with van der Waals surface area (Å²) in [5, 5.41) is 3.09. The summed E-state index contributed by atoms with van der Waals surface area (Å²) in [6.07, 6.45) is 0. The molecule has 84 valence electrons. The van der Waals surface area contributed by atoms with E-state index >= 15 is 0 Å². The molecule has 0 spiro atoms. The van der Waals surface area contributed by atoms with Gasteiger partial charge in [0, 0.05) is 19.6 Å². The summed E-state index contributed by atoms with van der Waals surface area (Å²) in [5.74, 6) is -0.116. The minimum absolute atomic E-state index is 0.116. The number of halogens is 1. The van der Waals surface area contributed by atoms with Crippen LogP contribution >= 0.6 is 0 Å². The van der Waals surface area contributed by atoms with Crippen molar-refractivity contribution in [2.45, 2.75) is 13.5 Å². The molecule has 1 rings (SSSR count). The predicted octanol–water partition coefficient (Wildman–Crippen LogP) is 1.79. The van der Waals surface area contributed by atoms with Gasteiger partial charge in [0.05, 0.1) is 0 Å². The first-order chi connectivity index (χ1) is 7.13. The number of benzene rings is 1. The molecule has 0 aliphatic heterocycles.